The molecule has 5 nitrogen and oxygen atoms in total. The third kappa shape index (κ3) is 3.03. The minimum absolute atomic E-state index is 0.120. The van der Waals surface area contributed by atoms with Crippen LogP contribution in [0.2, 0.25) is 5.02 Å². The Morgan fingerprint density at radius 1 is 1.38 bits per heavy atom. The van der Waals surface area contributed by atoms with Gasteiger partial charge in [-0.05, 0) is 43.1 Å². The van der Waals surface area contributed by atoms with Crippen LogP contribution in [0.15, 0.2) is 17.2 Å². The van der Waals surface area contributed by atoms with Crippen LogP contribution in [0, 0.1) is 17.8 Å². The van der Waals surface area contributed by atoms with E-state index < -0.39 is 10.0 Å². The van der Waals surface area contributed by atoms with E-state index in [1.54, 1.807) is 7.05 Å². The van der Waals surface area contributed by atoms with Gasteiger partial charge in [0.15, 0.2) is 0 Å². The normalized spacial score (nSPS) is 28.0. The average molecular weight is 330 g/mol. The maximum Gasteiger partial charge on any atom is 0.242 e. The summed E-state index contributed by atoms with van der Waals surface area (Å²) in [6.07, 6.45) is 6.34. The van der Waals surface area contributed by atoms with Crippen molar-refractivity contribution in [3.05, 3.63) is 17.3 Å². The highest BCUT2D eigenvalue weighted by molar-refractivity contribution is 7.89. The number of hydrogen-bond donors (Lipinski definition) is 2. The van der Waals surface area contributed by atoms with Gasteiger partial charge in [-0.2, -0.15) is 0 Å². The van der Waals surface area contributed by atoms with E-state index in [-0.39, 0.29) is 4.90 Å². The molecule has 1 aromatic heterocycles. The minimum atomic E-state index is -3.54. The Kier molecular flexibility index (Phi) is 4.12. The van der Waals surface area contributed by atoms with Crippen LogP contribution in [-0.4, -0.2) is 27.0 Å². The zero-order chi connectivity index (χ0) is 15.0. The Hall–Kier alpha value is -0.850. The summed E-state index contributed by atoms with van der Waals surface area (Å²) in [6, 6.07) is 1.43. The molecule has 1 heterocycles. The summed E-state index contributed by atoms with van der Waals surface area (Å²) < 4.78 is 27.4. The van der Waals surface area contributed by atoms with Crippen molar-refractivity contribution in [3.63, 3.8) is 0 Å². The molecule has 0 amide bonds. The third-order valence-electron chi connectivity index (χ3n) is 4.78. The number of aromatic nitrogens is 1. The van der Waals surface area contributed by atoms with E-state index in [9.17, 15) is 8.42 Å². The van der Waals surface area contributed by atoms with Crippen molar-refractivity contribution in [3.8, 4) is 0 Å². The van der Waals surface area contributed by atoms with E-state index >= 15 is 0 Å². The van der Waals surface area contributed by atoms with Gasteiger partial charge in [-0.25, -0.2) is 18.1 Å². The molecule has 2 saturated carbocycles. The second kappa shape index (κ2) is 5.74. The first kappa shape index (κ1) is 15.1. The first-order valence-corrected chi connectivity index (χ1v) is 9.18. The molecular formula is C14H20ClN3O2S. The van der Waals surface area contributed by atoms with Gasteiger partial charge in [-0.3, -0.25) is 0 Å². The molecule has 7 heteroatoms. The van der Waals surface area contributed by atoms with Crippen molar-refractivity contribution < 1.29 is 8.42 Å². The molecule has 2 aliphatic carbocycles. The van der Waals surface area contributed by atoms with Crippen molar-refractivity contribution in [2.24, 2.45) is 17.8 Å². The van der Waals surface area contributed by atoms with Crippen LogP contribution in [0.3, 0.4) is 0 Å². The van der Waals surface area contributed by atoms with E-state index in [1.165, 1.54) is 31.5 Å². The molecule has 0 radical (unpaired) electrons. The smallest absolute Gasteiger partial charge is 0.242 e. The molecule has 21 heavy (non-hydrogen) atoms. The minimum Gasteiger partial charge on any atom is -0.372 e. The first-order valence-electron chi connectivity index (χ1n) is 7.32. The predicted molar refractivity (Wildman–Crippen MR) is 82.9 cm³/mol. The molecule has 2 fully saturated rings. The van der Waals surface area contributed by atoms with Crippen LogP contribution in [0.25, 0.3) is 0 Å². The molecule has 0 spiro atoms. The van der Waals surface area contributed by atoms with Crippen molar-refractivity contribution in [2.75, 3.05) is 18.9 Å². The van der Waals surface area contributed by atoms with Crippen LogP contribution in [0.5, 0.6) is 0 Å². The monoisotopic (exact) mass is 329 g/mol. The highest BCUT2D eigenvalue weighted by atomic mass is 35.5. The SMILES string of the molecule is CNc1ncc(S(=O)(=O)NCC2CC3CCC2C3)cc1Cl. The van der Waals surface area contributed by atoms with Gasteiger partial charge in [0.2, 0.25) is 10.0 Å². The van der Waals surface area contributed by atoms with Crippen LogP contribution in [0.4, 0.5) is 5.82 Å². The van der Waals surface area contributed by atoms with Gasteiger partial charge in [0.1, 0.15) is 10.7 Å². The van der Waals surface area contributed by atoms with Crippen LogP contribution in [-0.2, 0) is 10.0 Å². The van der Waals surface area contributed by atoms with Gasteiger partial charge in [0.25, 0.3) is 0 Å². The summed E-state index contributed by atoms with van der Waals surface area (Å²) in [7, 11) is -1.85. The summed E-state index contributed by atoms with van der Waals surface area (Å²) in [6.45, 7) is 0.523. The molecule has 3 atom stereocenters. The Labute approximate surface area is 130 Å². The molecule has 2 N–H and O–H groups in total. The van der Waals surface area contributed by atoms with Crippen molar-refractivity contribution in [2.45, 2.75) is 30.6 Å². The molecular weight excluding hydrogens is 310 g/mol. The van der Waals surface area contributed by atoms with Gasteiger partial charge in [-0.1, -0.05) is 18.0 Å². The lowest BCUT2D eigenvalue weighted by Crippen LogP contribution is -2.31. The Balaban J connectivity index is 1.67. The molecule has 116 valence electrons. The molecule has 0 aromatic carbocycles. The van der Waals surface area contributed by atoms with Gasteiger partial charge in [0.05, 0.1) is 5.02 Å². The quantitative estimate of drug-likeness (QED) is 0.870. The lowest BCUT2D eigenvalue weighted by atomic mass is 9.89. The zero-order valence-electron chi connectivity index (χ0n) is 12.0. The summed E-state index contributed by atoms with van der Waals surface area (Å²) in [5, 5.41) is 3.12. The maximum absolute atomic E-state index is 12.3. The lowest BCUT2D eigenvalue weighted by molar-refractivity contribution is 0.333. The number of halogens is 1. The van der Waals surface area contributed by atoms with Crippen LogP contribution in [0.1, 0.15) is 25.7 Å². The zero-order valence-corrected chi connectivity index (χ0v) is 13.5. The Morgan fingerprint density at radius 3 is 2.76 bits per heavy atom. The Bertz CT molecular complexity index is 635. The fourth-order valence-corrected chi connectivity index (χ4v) is 5.07. The number of anilines is 1. The topological polar surface area (TPSA) is 71.1 Å². The van der Waals surface area contributed by atoms with Crippen molar-refractivity contribution in [1.29, 1.82) is 0 Å². The van der Waals surface area contributed by atoms with E-state index in [0.717, 1.165) is 12.3 Å². The summed E-state index contributed by atoms with van der Waals surface area (Å²) >= 11 is 6.00. The first-order chi connectivity index (χ1) is 9.99. The van der Waals surface area contributed by atoms with Crippen molar-refractivity contribution >= 4 is 27.4 Å². The van der Waals surface area contributed by atoms with Gasteiger partial charge in [-0.15, -0.1) is 0 Å². The second-order valence-corrected chi connectivity index (χ2v) is 8.21. The average Bonchev–Trinajstić information content (AvgIpc) is 3.07. The molecule has 2 bridgehead atoms. The molecule has 1 aromatic rings. The number of nitrogens with zero attached hydrogens (tertiary/aromatic N) is 1. The fourth-order valence-electron chi connectivity index (χ4n) is 3.68. The summed E-state index contributed by atoms with van der Waals surface area (Å²) in [5.74, 6) is 2.48. The fraction of sp³-hybridized carbons (Fsp3) is 0.643. The van der Waals surface area contributed by atoms with Crippen LogP contribution < -0.4 is 10.0 Å². The third-order valence-corrected chi connectivity index (χ3v) is 6.46. The second-order valence-electron chi connectivity index (χ2n) is 6.04. The molecule has 2 aliphatic rings. The molecule has 0 aliphatic heterocycles. The molecule has 3 unspecified atom stereocenters. The lowest BCUT2D eigenvalue weighted by Gasteiger charge is -2.21. The maximum atomic E-state index is 12.3. The van der Waals surface area contributed by atoms with Crippen molar-refractivity contribution in [1.82, 2.24) is 9.71 Å². The van der Waals surface area contributed by atoms with Crippen LogP contribution >= 0.6 is 11.6 Å². The number of hydrogen-bond acceptors (Lipinski definition) is 4. The van der Waals surface area contributed by atoms with Gasteiger partial charge in [0, 0.05) is 19.8 Å². The number of pyridine rings is 1. The number of sulfonamides is 1. The van der Waals surface area contributed by atoms with E-state index in [2.05, 4.69) is 15.0 Å². The number of nitrogens with one attached hydrogen (secondary N) is 2. The van der Waals surface area contributed by atoms with E-state index in [4.69, 9.17) is 11.6 Å². The van der Waals surface area contributed by atoms with Gasteiger partial charge >= 0.3 is 0 Å². The standard InChI is InChI=1S/C14H20ClN3O2S/c1-16-14-13(15)6-12(8-17-14)21(19,20)18-7-11-5-9-2-3-10(11)4-9/h6,8-11,18H,2-5,7H2,1H3,(H,16,17). The highest BCUT2D eigenvalue weighted by Crippen LogP contribution is 2.48. The number of rotatable bonds is 5. The van der Waals surface area contributed by atoms with E-state index in [0.29, 0.717) is 29.2 Å². The molecule has 3 rings (SSSR count). The summed E-state index contributed by atoms with van der Waals surface area (Å²) in [4.78, 5) is 4.14. The predicted octanol–water partition coefficient (Wildman–Crippen LogP) is 2.49. The van der Waals surface area contributed by atoms with Gasteiger partial charge < -0.3 is 5.32 Å². The highest BCUT2D eigenvalue weighted by Gasteiger charge is 2.39. The van der Waals surface area contributed by atoms with E-state index in [1.807, 2.05) is 0 Å². The Morgan fingerprint density at radius 2 is 2.19 bits per heavy atom. The largest absolute Gasteiger partial charge is 0.372 e. The summed E-state index contributed by atoms with van der Waals surface area (Å²) in [5.41, 5.74) is 0. The number of fused-ring (bicyclic) bond motifs is 2. The molecule has 0 saturated heterocycles.